The second kappa shape index (κ2) is 18.0. The average molecular weight is 887 g/mol. The first-order chi connectivity index (χ1) is 32.1. The second-order valence-electron chi connectivity index (χ2n) is 17.8. The van der Waals surface area contributed by atoms with Crippen LogP contribution in [0, 0.1) is 12.9 Å². The topological polar surface area (TPSA) is 174 Å². The molecule has 9 aromatic rings. The molecule has 16 nitrogen and oxygen atoms in total. The van der Waals surface area contributed by atoms with Gasteiger partial charge in [-0.1, -0.05) is 32.9 Å². The number of halogens is 1. The van der Waals surface area contributed by atoms with Crippen molar-refractivity contribution in [2.24, 2.45) is 7.05 Å². The lowest BCUT2D eigenvalue weighted by Crippen LogP contribution is -2.17. The number of benzene rings is 1. The molecular formula is C49H51FN14O2. The largest absolute Gasteiger partial charge is 0.358 e. The summed E-state index contributed by atoms with van der Waals surface area (Å²) in [6, 6.07) is 15.8. The molecular weight excluding hydrogens is 836 g/mol. The van der Waals surface area contributed by atoms with Crippen molar-refractivity contribution in [3.63, 3.8) is 0 Å². The summed E-state index contributed by atoms with van der Waals surface area (Å²) >= 11 is 0. The van der Waals surface area contributed by atoms with Gasteiger partial charge < -0.3 is 14.8 Å². The first kappa shape index (κ1) is 42.8. The number of hydrogen-bond acceptors (Lipinski definition) is 13. The lowest BCUT2D eigenvalue weighted by Gasteiger charge is -2.23. The molecule has 0 aliphatic carbocycles. The Bertz CT molecular complexity index is 3180. The van der Waals surface area contributed by atoms with Crippen LogP contribution in [0.3, 0.4) is 0 Å². The van der Waals surface area contributed by atoms with E-state index in [1.165, 1.54) is 23.7 Å². The summed E-state index contributed by atoms with van der Waals surface area (Å²) in [6.45, 7) is 10.1. The van der Waals surface area contributed by atoms with Crippen molar-refractivity contribution >= 4 is 44.7 Å². The average Bonchev–Trinajstić information content (AvgIpc) is 4.08. The second-order valence-corrected chi connectivity index (χ2v) is 17.8. The molecule has 0 spiro atoms. The van der Waals surface area contributed by atoms with Crippen LogP contribution < -0.4 is 5.32 Å². The molecule has 1 aromatic carbocycles. The van der Waals surface area contributed by atoms with E-state index in [4.69, 9.17) is 34.5 Å². The van der Waals surface area contributed by atoms with E-state index in [1.807, 2.05) is 45.7 Å². The van der Waals surface area contributed by atoms with Crippen LogP contribution in [-0.4, -0.2) is 77.0 Å². The van der Waals surface area contributed by atoms with Gasteiger partial charge in [-0.25, -0.2) is 39.9 Å². The Balaban J connectivity index is 0.000000194. The standard InChI is InChI=1S/C34H37N9O.C15H14FN5O/c1-21-11-12-23-22(13-15-36-32(23)40-28-18-27(34(2,3)4)41-42(28)5)25(21)17-26-24(9-8-14-35-26)30-31-33(38-19-37-30)43(20-39-31)29-10-6-7-16-44-29;16-14-10(4-3-6-17-14)12-13-15(19-8-18-12)21(9-20-13)11-5-1-2-7-22-11/h8-9,11-15,18-20,29H,6-7,10,16-17H2,1-5H3,(H,36,40);3-4,6,8-9,11H,1-2,5,7H2. The third-order valence-electron chi connectivity index (χ3n) is 12.3. The maximum Gasteiger partial charge on any atom is 0.222 e. The number of aromatic nitrogens is 13. The lowest BCUT2D eigenvalue weighted by atomic mass is 9.92. The molecule has 2 atom stereocenters. The number of anilines is 2. The zero-order valence-electron chi connectivity index (χ0n) is 37.7. The highest BCUT2D eigenvalue weighted by Crippen LogP contribution is 2.35. The molecule has 11 rings (SSSR count). The fraction of sp³-hybridized carbons (Fsp3) is 0.347. The van der Waals surface area contributed by atoms with Crippen LogP contribution in [0.25, 0.3) is 55.6 Å². The number of rotatable bonds is 8. The molecule has 2 aliphatic rings. The molecule has 2 saturated heterocycles. The van der Waals surface area contributed by atoms with Gasteiger partial charge in [-0.15, -0.1) is 0 Å². The lowest BCUT2D eigenvalue weighted by molar-refractivity contribution is -0.0299. The molecule has 0 bridgehead atoms. The molecule has 0 amide bonds. The van der Waals surface area contributed by atoms with Crippen LogP contribution in [-0.2, 0) is 28.4 Å². The van der Waals surface area contributed by atoms with Crippen LogP contribution in [0.5, 0.6) is 0 Å². The summed E-state index contributed by atoms with van der Waals surface area (Å²) in [6.07, 6.45) is 18.5. The molecule has 66 heavy (non-hydrogen) atoms. The first-order valence-corrected chi connectivity index (χ1v) is 22.4. The van der Waals surface area contributed by atoms with Crippen LogP contribution in [0.2, 0.25) is 0 Å². The van der Waals surface area contributed by atoms with E-state index in [0.29, 0.717) is 28.8 Å². The fourth-order valence-electron chi connectivity index (χ4n) is 8.76. The summed E-state index contributed by atoms with van der Waals surface area (Å²) in [5.74, 6) is 1.13. The molecule has 2 fully saturated rings. The van der Waals surface area contributed by atoms with Crippen LogP contribution >= 0.6 is 0 Å². The molecule has 17 heteroatoms. The molecule has 336 valence electrons. The van der Waals surface area contributed by atoms with Gasteiger partial charge in [0.25, 0.3) is 0 Å². The highest BCUT2D eigenvalue weighted by molar-refractivity contribution is 5.96. The van der Waals surface area contributed by atoms with Crippen molar-refractivity contribution in [2.45, 2.75) is 90.5 Å². The summed E-state index contributed by atoms with van der Waals surface area (Å²) in [5, 5.41) is 10.4. The van der Waals surface area contributed by atoms with E-state index in [1.54, 1.807) is 24.8 Å². The minimum absolute atomic E-state index is 0.0500. The van der Waals surface area contributed by atoms with Gasteiger partial charge in [0.1, 0.15) is 59.2 Å². The highest BCUT2D eigenvalue weighted by Gasteiger charge is 2.25. The summed E-state index contributed by atoms with van der Waals surface area (Å²) in [4.78, 5) is 40.2. The maximum atomic E-state index is 13.9. The van der Waals surface area contributed by atoms with Crippen molar-refractivity contribution in [3.05, 3.63) is 121 Å². The van der Waals surface area contributed by atoms with Gasteiger partial charge in [-0.05, 0) is 92.3 Å². The summed E-state index contributed by atoms with van der Waals surface area (Å²) in [7, 11) is 1.95. The number of imidazole rings is 2. The van der Waals surface area contributed by atoms with Gasteiger partial charge in [-0.3, -0.25) is 18.8 Å². The molecule has 0 saturated carbocycles. The predicted octanol–water partition coefficient (Wildman–Crippen LogP) is 9.54. The Hall–Kier alpha value is -7.11. The molecule has 8 aromatic heterocycles. The van der Waals surface area contributed by atoms with Crippen molar-refractivity contribution in [1.82, 2.24) is 63.8 Å². The number of ether oxygens (including phenoxy) is 2. The zero-order chi connectivity index (χ0) is 45.4. The molecule has 2 unspecified atom stereocenters. The SMILES string of the molecule is Cc1ccc2c(Nc3cc(C(C)(C)C)nn3C)nccc2c1Cc1ncccc1-c1ncnc2c1ncn2C1CCCCO1.Fc1ncccc1-c1ncnc2c1ncn2C1CCCCO1. The van der Waals surface area contributed by atoms with E-state index in [9.17, 15) is 4.39 Å². The van der Waals surface area contributed by atoms with Crippen molar-refractivity contribution in [3.8, 4) is 22.5 Å². The summed E-state index contributed by atoms with van der Waals surface area (Å²) < 4.78 is 31.6. The fourth-order valence-corrected chi connectivity index (χ4v) is 8.76. The van der Waals surface area contributed by atoms with Crippen molar-refractivity contribution in [1.29, 1.82) is 0 Å². The van der Waals surface area contributed by atoms with Gasteiger partial charge >= 0.3 is 0 Å². The van der Waals surface area contributed by atoms with Gasteiger partial charge in [0.15, 0.2) is 11.3 Å². The highest BCUT2D eigenvalue weighted by atomic mass is 19.1. The van der Waals surface area contributed by atoms with Crippen molar-refractivity contribution in [2.75, 3.05) is 18.5 Å². The maximum absolute atomic E-state index is 13.9. The number of aryl methyl sites for hydroxylation is 2. The van der Waals surface area contributed by atoms with Gasteiger partial charge in [0, 0.05) is 67.7 Å². The Morgan fingerprint density at radius 3 is 1.94 bits per heavy atom. The van der Waals surface area contributed by atoms with Crippen LogP contribution in [0.1, 0.15) is 94.3 Å². The quantitative estimate of drug-likeness (QED) is 0.143. The Morgan fingerprint density at radius 1 is 0.697 bits per heavy atom. The van der Waals surface area contributed by atoms with E-state index in [0.717, 1.165) is 108 Å². The predicted molar refractivity (Wildman–Crippen MR) is 249 cm³/mol. The van der Waals surface area contributed by atoms with Gasteiger partial charge in [0.05, 0.1) is 29.6 Å². The minimum Gasteiger partial charge on any atom is -0.358 e. The van der Waals surface area contributed by atoms with E-state index >= 15 is 0 Å². The number of nitrogens with one attached hydrogen (secondary N) is 1. The van der Waals surface area contributed by atoms with E-state index in [2.05, 4.69) is 88.3 Å². The smallest absolute Gasteiger partial charge is 0.222 e. The monoisotopic (exact) mass is 886 g/mol. The molecule has 1 N–H and O–H groups in total. The van der Waals surface area contributed by atoms with Gasteiger partial charge in [0.2, 0.25) is 5.95 Å². The number of hydrogen-bond donors (Lipinski definition) is 1. The summed E-state index contributed by atoms with van der Waals surface area (Å²) in [5.41, 5.74) is 9.54. The van der Waals surface area contributed by atoms with Crippen molar-refractivity contribution < 1.29 is 13.9 Å². The minimum atomic E-state index is -0.564. The van der Waals surface area contributed by atoms with Gasteiger partial charge in [-0.2, -0.15) is 9.49 Å². The number of nitrogens with zero attached hydrogens (tertiary/aromatic N) is 13. The van der Waals surface area contributed by atoms with Crippen LogP contribution in [0.4, 0.5) is 16.0 Å². The number of fused-ring (bicyclic) bond motifs is 3. The molecule has 2 aliphatic heterocycles. The molecule has 0 radical (unpaired) electrons. The third-order valence-corrected chi connectivity index (χ3v) is 12.3. The Morgan fingerprint density at radius 2 is 1.33 bits per heavy atom. The normalized spacial score (nSPS) is 16.7. The van der Waals surface area contributed by atoms with E-state index in [-0.39, 0.29) is 17.9 Å². The zero-order valence-corrected chi connectivity index (χ0v) is 37.7. The third kappa shape index (κ3) is 8.35. The van der Waals surface area contributed by atoms with E-state index < -0.39 is 5.95 Å². The van der Waals surface area contributed by atoms with Crippen LogP contribution in [0.15, 0.2) is 92.4 Å². The Labute approximate surface area is 380 Å². The molecule has 10 heterocycles. The number of pyridine rings is 3. The first-order valence-electron chi connectivity index (χ1n) is 22.4. The Kier molecular flexibility index (Phi) is 11.7.